The average molecular weight is 322 g/mol. The van der Waals surface area contributed by atoms with Gasteiger partial charge in [-0.2, -0.15) is 4.98 Å². The lowest BCUT2D eigenvalue weighted by molar-refractivity contribution is 0.293. The second kappa shape index (κ2) is 6.52. The molecule has 1 N–H and O–H groups in total. The van der Waals surface area contributed by atoms with Crippen molar-refractivity contribution in [3.05, 3.63) is 46.1 Å². The van der Waals surface area contributed by atoms with E-state index in [0.29, 0.717) is 18.4 Å². The molecule has 0 saturated carbocycles. The van der Waals surface area contributed by atoms with Gasteiger partial charge in [0.2, 0.25) is 11.8 Å². The van der Waals surface area contributed by atoms with Crippen LogP contribution in [0.15, 0.2) is 34.8 Å². The zero-order chi connectivity index (χ0) is 13.7. The molecule has 2 aromatic rings. The van der Waals surface area contributed by atoms with Gasteiger partial charge in [-0.05, 0) is 31.5 Å². The Kier molecular flexibility index (Phi) is 4.74. The maximum Gasteiger partial charge on any atom is 0.226 e. The third-order valence-corrected chi connectivity index (χ3v) is 2.93. The number of nitrogens with zero attached hydrogens (tertiary/aromatic N) is 2. The molecule has 0 amide bonds. The zero-order valence-electron chi connectivity index (χ0n) is 11.0. The molecule has 19 heavy (non-hydrogen) atoms. The summed E-state index contributed by atoms with van der Waals surface area (Å²) >= 11 is 3.44. The summed E-state index contributed by atoms with van der Waals surface area (Å²) in [4.78, 5) is 8.59. The molecule has 100 valence electrons. The molecular formula is C14H16BrN3O. The second-order valence-corrected chi connectivity index (χ2v) is 5.04. The summed E-state index contributed by atoms with van der Waals surface area (Å²) < 4.78 is 6.75. The molecule has 0 aliphatic heterocycles. The van der Waals surface area contributed by atoms with Crippen molar-refractivity contribution in [2.45, 2.75) is 20.5 Å². The fourth-order valence-electron chi connectivity index (χ4n) is 1.63. The van der Waals surface area contributed by atoms with Crippen LogP contribution in [0.3, 0.4) is 0 Å². The predicted octanol–water partition coefficient (Wildman–Crippen LogP) is 3.56. The van der Waals surface area contributed by atoms with Crippen molar-refractivity contribution in [3.63, 3.8) is 0 Å². The lowest BCUT2D eigenvalue weighted by Crippen LogP contribution is -2.05. The predicted molar refractivity (Wildman–Crippen MR) is 79.4 cm³/mol. The lowest BCUT2D eigenvalue weighted by atomic mass is 10.2. The Morgan fingerprint density at radius 2 is 2.11 bits per heavy atom. The summed E-state index contributed by atoms with van der Waals surface area (Å²) in [7, 11) is 0. The van der Waals surface area contributed by atoms with E-state index in [1.807, 2.05) is 44.2 Å². The van der Waals surface area contributed by atoms with Crippen LogP contribution in [0.1, 0.15) is 18.2 Å². The van der Waals surface area contributed by atoms with Crippen LogP contribution < -0.4 is 10.1 Å². The molecule has 0 bridgehead atoms. The van der Waals surface area contributed by atoms with Gasteiger partial charge in [-0.25, -0.2) is 4.98 Å². The number of aryl methyl sites for hydroxylation is 1. The number of aromatic nitrogens is 2. The Labute approximate surface area is 121 Å². The number of hydrogen-bond donors (Lipinski definition) is 1. The Morgan fingerprint density at radius 3 is 2.84 bits per heavy atom. The number of anilines is 1. The van der Waals surface area contributed by atoms with Gasteiger partial charge in [0.15, 0.2) is 0 Å². The molecule has 0 radical (unpaired) electrons. The largest absolute Gasteiger partial charge is 0.473 e. The minimum absolute atomic E-state index is 0.488. The second-order valence-electron chi connectivity index (χ2n) is 4.12. The third-order valence-electron chi connectivity index (χ3n) is 2.44. The highest BCUT2D eigenvalue weighted by atomic mass is 79.9. The van der Waals surface area contributed by atoms with Crippen LogP contribution in [0.2, 0.25) is 0 Å². The maximum absolute atomic E-state index is 5.70. The molecule has 0 fully saturated rings. The molecule has 5 heteroatoms. The fourth-order valence-corrected chi connectivity index (χ4v) is 2.08. The van der Waals surface area contributed by atoms with Crippen molar-refractivity contribution in [1.82, 2.24) is 9.97 Å². The Balaban J connectivity index is 2.06. The SMILES string of the molecule is CCNc1nc(C)cc(OCc2cccc(Br)c2)n1. The number of ether oxygens (including phenoxy) is 1. The van der Waals surface area contributed by atoms with Crippen molar-refractivity contribution in [2.24, 2.45) is 0 Å². The molecule has 0 saturated heterocycles. The molecule has 1 aromatic carbocycles. The minimum Gasteiger partial charge on any atom is -0.473 e. The number of hydrogen-bond acceptors (Lipinski definition) is 4. The van der Waals surface area contributed by atoms with E-state index in [1.165, 1.54) is 0 Å². The molecule has 4 nitrogen and oxygen atoms in total. The zero-order valence-corrected chi connectivity index (χ0v) is 12.6. The molecule has 1 heterocycles. The molecule has 0 aliphatic carbocycles. The van der Waals surface area contributed by atoms with Crippen LogP contribution in [-0.2, 0) is 6.61 Å². The van der Waals surface area contributed by atoms with E-state index < -0.39 is 0 Å². The fraction of sp³-hybridized carbons (Fsp3) is 0.286. The number of halogens is 1. The van der Waals surface area contributed by atoms with E-state index in [2.05, 4.69) is 31.2 Å². The van der Waals surface area contributed by atoms with Crippen LogP contribution in [0.5, 0.6) is 5.88 Å². The van der Waals surface area contributed by atoms with Crippen LogP contribution >= 0.6 is 15.9 Å². The van der Waals surface area contributed by atoms with Gasteiger partial charge in [-0.3, -0.25) is 0 Å². The van der Waals surface area contributed by atoms with E-state index >= 15 is 0 Å². The highest BCUT2D eigenvalue weighted by molar-refractivity contribution is 9.10. The normalized spacial score (nSPS) is 10.3. The van der Waals surface area contributed by atoms with Crippen molar-refractivity contribution in [1.29, 1.82) is 0 Å². The topological polar surface area (TPSA) is 47.0 Å². The third kappa shape index (κ3) is 4.21. The first-order valence-corrected chi connectivity index (χ1v) is 6.93. The van der Waals surface area contributed by atoms with Crippen molar-refractivity contribution >= 4 is 21.9 Å². The monoisotopic (exact) mass is 321 g/mol. The average Bonchev–Trinajstić information content (AvgIpc) is 2.36. The molecule has 1 aromatic heterocycles. The number of rotatable bonds is 5. The number of nitrogens with one attached hydrogen (secondary N) is 1. The summed E-state index contributed by atoms with van der Waals surface area (Å²) in [6.45, 7) is 5.21. The first kappa shape index (κ1) is 13.8. The molecule has 0 aliphatic rings. The summed E-state index contributed by atoms with van der Waals surface area (Å²) in [5.41, 5.74) is 1.98. The van der Waals surface area contributed by atoms with Gasteiger partial charge in [0.1, 0.15) is 6.61 Å². The molecule has 2 rings (SSSR count). The van der Waals surface area contributed by atoms with Gasteiger partial charge in [0, 0.05) is 22.8 Å². The molecule has 0 spiro atoms. The van der Waals surface area contributed by atoms with E-state index in [9.17, 15) is 0 Å². The van der Waals surface area contributed by atoms with Gasteiger partial charge in [0.25, 0.3) is 0 Å². The lowest BCUT2D eigenvalue weighted by Gasteiger charge is -2.08. The summed E-state index contributed by atoms with van der Waals surface area (Å²) in [6, 6.07) is 9.85. The van der Waals surface area contributed by atoms with Crippen molar-refractivity contribution < 1.29 is 4.74 Å². The molecular weight excluding hydrogens is 306 g/mol. The van der Waals surface area contributed by atoms with Crippen LogP contribution in [-0.4, -0.2) is 16.5 Å². The van der Waals surface area contributed by atoms with E-state index in [4.69, 9.17) is 4.74 Å². The van der Waals surface area contributed by atoms with E-state index in [1.54, 1.807) is 0 Å². The summed E-state index contributed by atoms with van der Waals surface area (Å²) in [5.74, 6) is 1.19. The highest BCUT2D eigenvalue weighted by Gasteiger charge is 2.03. The van der Waals surface area contributed by atoms with E-state index in [0.717, 1.165) is 22.3 Å². The van der Waals surface area contributed by atoms with Crippen molar-refractivity contribution in [3.8, 4) is 5.88 Å². The van der Waals surface area contributed by atoms with Crippen LogP contribution in [0.25, 0.3) is 0 Å². The quantitative estimate of drug-likeness (QED) is 0.914. The first-order valence-electron chi connectivity index (χ1n) is 6.14. The van der Waals surface area contributed by atoms with E-state index in [-0.39, 0.29) is 0 Å². The number of benzene rings is 1. The minimum atomic E-state index is 0.488. The Morgan fingerprint density at radius 1 is 1.26 bits per heavy atom. The van der Waals surface area contributed by atoms with Crippen molar-refractivity contribution in [2.75, 3.05) is 11.9 Å². The van der Waals surface area contributed by atoms with Gasteiger partial charge in [-0.15, -0.1) is 0 Å². The smallest absolute Gasteiger partial charge is 0.226 e. The van der Waals surface area contributed by atoms with Gasteiger partial charge >= 0.3 is 0 Å². The standard InChI is InChI=1S/C14H16BrN3O/c1-3-16-14-17-10(2)7-13(18-14)19-9-11-5-4-6-12(15)8-11/h4-8H,3,9H2,1-2H3,(H,16,17,18). The van der Waals surface area contributed by atoms with Crippen LogP contribution in [0, 0.1) is 6.92 Å². The van der Waals surface area contributed by atoms with Gasteiger partial charge < -0.3 is 10.1 Å². The van der Waals surface area contributed by atoms with Gasteiger partial charge in [-0.1, -0.05) is 28.1 Å². The highest BCUT2D eigenvalue weighted by Crippen LogP contribution is 2.16. The maximum atomic E-state index is 5.70. The first-order chi connectivity index (χ1) is 9.17. The Bertz CT molecular complexity index is 560. The molecule has 0 atom stereocenters. The van der Waals surface area contributed by atoms with Crippen LogP contribution in [0.4, 0.5) is 5.95 Å². The summed E-state index contributed by atoms with van der Waals surface area (Å²) in [5, 5.41) is 3.09. The molecule has 0 unspecified atom stereocenters. The van der Waals surface area contributed by atoms with Gasteiger partial charge in [0.05, 0.1) is 0 Å². The Hall–Kier alpha value is -1.62. The summed E-state index contributed by atoms with van der Waals surface area (Å²) in [6.07, 6.45) is 0.